The molecule has 4 N–H and O–H groups in total. The molecule has 3 rings (SSSR count). The predicted octanol–water partition coefficient (Wildman–Crippen LogP) is 1.96. The first-order chi connectivity index (χ1) is 10.9. The predicted molar refractivity (Wildman–Crippen MR) is 78.1 cm³/mol. The highest BCUT2D eigenvalue weighted by Crippen LogP contribution is 2.54. The van der Waals surface area contributed by atoms with Crippen molar-refractivity contribution in [3.8, 4) is 0 Å². The van der Waals surface area contributed by atoms with Gasteiger partial charge in [-0.25, -0.2) is 13.6 Å². The zero-order valence-corrected chi connectivity index (χ0v) is 13.3. The number of hydroxylamine groups is 1. The normalized spacial score (nSPS) is 43.6. The van der Waals surface area contributed by atoms with Crippen molar-refractivity contribution in [3.63, 3.8) is 0 Å². The van der Waals surface area contributed by atoms with E-state index in [9.17, 15) is 13.6 Å². The molecule has 0 aromatic heterocycles. The molecule has 23 heavy (non-hydrogen) atoms. The molecule has 2 saturated carbocycles. The molecule has 3 fully saturated rings. The first kappa shape index (κ1) is 16.9. The van der Waals surface area contributed by atoms with Crippen LogP contribution in [0.3, 0.4) is 0 Å². The van der Waals surface area contributed by atoms with E-state index in [1.807, 2.05) is 0 Å². The molecule has 3 aliphatic rings. The Morgan fingerprint density at radius 2 is 2.17 bits per heavy atom. The summed E-state index contributed by atoms with van der Waals surface area (Å²) in [6, 6.07) is 0. The van der Waals surface area contributed by atoms with E-state index in [0.717, 1.165) is 32.1 Å². The second-order valence-electron chi connectivity index (χ2n) is 7.38. The summed E-state index contributed by atoms with van der Waals surface area (Å²) < 4.78 is 30.4. The van der Waals surface area contributed by atoms with E-state index < -0.39 is 18.7 Å². The van der Waals surface area contributed by atoms with Gasteiger partial charge in [0.15, 0.2) is 6.23 Å². The third-order valence-electron chi connectivity index (χ3n) is 5.91. The molecule has 0 aromatic carbocycles. The number of nitrogens with one attached hydrogen (secondary N) is 2. The minimum absolute atomic E-state index is 0.0246. The Morgan fingerprint density at radius 1 is 1.39 bits per heavy atom. The summed E-state index contributed by atoms with van der Waals surface area (Å²) in [5, 5.41) is 2.83. The molecule has 1 saturated heterocycles. The van der Waals surface area contributed by atoms with E-state index >= 15 is 0 Å². The standard InChI is InChI=1S/C15H25F2N3O3/c1-15(7-22-14(18)21)5-4-8-6-9(2-3-10(8)15)12-19-13(11(16)17)23-20-12/h8-13,19-20H,2-7H2,1H3,(H2,18,21)/t8?,9?,10?,12?,13?,15-/m0/s1. The average molecular weight is 333 g/mol. The maximum atomic E-state index is 12.7. The van der Waals surface area contributed by atoms with Gasteiger partial charge in [-0.05, 0) is 49.9 Å². The van der Waals surface area contributed by atoms with Crippen LogP contribution in [-0.4, -0.2) is 31.5 Å². The van der Waals surface area contributed by atoms with E-state index in [2.05, 4.69) is 17.7 Å². The number of hydrogen-bond donors (Lipinski definition) is 3. The second kappa shape index (κ2) is 6.49. The molecule has 1 amide bonds. The van der Waals surface area contributed by atoms with Gasteiger partial charge in [-0.3, -0.25) is 10.2 Å². The van der Waals surface area contributed by atoms with Crippen LogP contribution in [0.25, 0.3) is 0 Å². The molecule has 132 valence electrons. The third kappa shape index (κ3) is 3.44. The quantitative estimate of drug-likeness (QED) is 0.732. The van der Waals surface area contributed by atoms with Crippen LogP contribution in [0.15, 0.2) is 0 Å². The van der Waals surface area contributed by atoms with Gasteiger partial charge < -0.3 is 10.5 Å². The summed E-state index contributed by atoms with van der Waals surface area (Å²) >= 11 is 0. The third-order valence-corrected chi connectivity index (χ3v) is 5.91. The van der Waals surface area contributed by atoms with Crippen molar-refractivity contribution < 1.29 is 23.1 Å². The van der Waals surface area contributed by atoms with Crippen molar-refractivity contribution in [2.75, 3.05) is 6.61 Å². The molecule has 0 radical (unpaired) electrons. The molecule has 1 aliphatic heterocycles. The van der Waals surface area contributed by atoms with Crippen LogP contribution < -0.4 is 16.5 Å². The smallest absolute Gasteiger partial charge is 0.404 e. The molecule has 5 unspecified atom stereocenters. The van der Waals surface area contributed by atoms with Crippen LogP contribution in [0.5, 0.6) is 0 Å². The van der Waals surface area contributed by atoms with Crippen LogP contribution in [0.4, 0.5) is 13.6 Å². The number of ether oxygens (including phenoxy) is 1. The zero-order valence-electron chi connectivity index (χ0n) is 13.3. The molecular formula is C15H25F2N3O3. The number of halogens is 2. The fourth-order valence-corrected chi connectivity index (χ4v) is 4.70. The summed E-state index contributed by atoms with van der Waals surface area (Å²) in [5.41, 5.74) is 7.78. The Balaban J connectivity index is 1.56. The fraction of sp³-hybridized carbons (Fsp3) is 0.933. The van der Waals surface area contributed by atoms with Crippen LogP contribution in [0, 0.1) is 23.2 Å². The number of carbonyl (C=O) groups is 1. The van der Waals surface area contributed by atoms with E-state index in [4.69, 9.17) is 15.3 Å². The molecule has 6 atom stereocenters. The van der Waals surface area contributed by atoms with Gasteiger partial charge in [0.05, 0.1) is 12.8 Å². The summed E-state index contributed by atoms with van der Waals surface area (Å²) in [6.07, 6.45) is 0.294. The monoisotopic (exact) mass is 333 g/mol. The van der Waals surface area contributed by atoms with Gasteiger partial charge in [-0.1, -0.05) is 6.92 Å². The Hall–Kier alpha value is -0.990. The Bertz CT molecular complexity index is 454. The van der Waals surface area contributed by atoms with Crippen molar-refractivity contribution >= 4 is 6.09 Å². The SMILES string of the molecule is C[C@@]1(COC(N)=O)CCC2CC(C3NOC(C(F)F)N3)CCC21. The molecule has 6 nitrogen and oxygen atoms in total. The van der Waals surface area contributed by atoms with Crippen LogP contribution in [-0.2, 0) is 9.57 Å². The minimum atomic E-state index is -2.54. The number of alkyl halides is 2. The van der Waals surface area contributed by atoms with Crippen LogP contribution in [0.1, 0.15) is 39.0 Å². The Morgan fingerprint density at radius 3 is 2.83 bits per heavy atom. The van der Waals surface area contributed by atoms with E-state index in [1.54, 1.807) is 0 Å². The van der Waals surface area contributed by atoms with E-state index in [-0.39, 0.29) is 17.5 Å². The minimum Gasteiger partial charge on any atom is -0.449 e. The fourth-order valence-electron chi connectivity index (χ4n) is 4.70. The summed E-state index contributed by atoms with van der Waals surface area (Å²) in [6.45, 7) is 2.52. The summed E-state index contributed by atoms with van der Waals surface area (Å²) in [7, 11) is 0. The van der Waals surface area contributed by atoms with Crippen molar-refractivity contribution in [2.24, 2.45) is 28.9 Å². The molecule has 0 bridgehead atoms. The lowest BCUT2D eigenvalue weighted by Gasteiger charge is -2.40. The van der Waals surface area contributed by atoms with Crippen LogP contribution in [0.2, 0.25) is 0 Å². The number of carbonyl (C=O) groups excluding carboxylic acids is 1. The first-order valence-electron chi connectivity index (χ1n) is 8.26. The Kier molecular flexibility index (Phi) is 4.75. The number of fused-ring (bicyclic) bond motifs is 1. The highest BCUT2D eigenvalue weighted by atomic mass is 19.3. The molecule has 1 heterocycles. The Labute approximate surface area is 134 Å². The number of amides is 1. The lowest BCUT2D eigenvalue weighted by Crippen LogP contribution is -2.45. The number of hydrogen-bond acceptors (Lipinski definition) is 5. The van der Waals surface area contributed by atoms with E-state index in [1.165, 1.54) is 0 Å². The maximum Gasteiger partial charge on any atom is 0.404 e. The van der Waals surface area contributed by atoms with Crippen molar-refractivity contribution in [1.29, 1.82) is 0 Å². The van der Waals surface area contributed by atoms with Crippen molar-refractivity contribution in [3.05, 3.63) is 0 Å². The zero-order chi connectivity index (χ0) is 16.6. The summed E-state index contributed by atoms with van der Waals surface area (Å²) in [4.78, 5) is 15.8. The molecule has 0 aromatic rings. The van der Waals surface area contributed by atoms with Gasteiger partial charge in [-0.15, -0.1) is 0 Å². The van der Waals surface area contributed by atoms with Crippen molar-refractivity contribution in [2.45, 2.75) is 57.8 Å². The number of primary amides is 1. The average Bonchev–Trinajstić information content (AvgIpc) is 3.11. The van der Waals surface area contributed by atoms with Gasteiger partial charge in [0.1, 0.15) is 0 Å². The number of nitrogens with two attached hydrogens (primary N) is 1. The molecule has 2 aliphatic carbocycles. The van der Waals surface area contributed by atoms with Gasteiger partial charge in [0.2, 0.25) is 0 Å². The molecule has 0 spiro atoms. The highest BCUT2D eigenvalue weighted by molar-refractivity contribution is 5.64. The lowest BCUT2D eigenvalue weighted by molar-refractivity contribution is -0.0690. The van der Waals surface area contributed by atoms with E-state index in [0.29, 0.717) is 18.4 Å². The molecule has 8 heteroatoms. The number of rotatable bonds is 4. The van der Waals surface area contributed by atoms with Gasteiger partial charge in [0, 0.05) is 5.41 Å². The van der Waals surface area contributed by atoms with Crippen molar-refractivity contribution in [1.82, 2.24) is 10.8 Å². The topological polar surface area (TPSA) is 85.6 Å². The van der Waals surface area contributed by atoms with Gasteiger partial charge in [-0.2, -0.15) is 5.48 Å². The van der Waals surface area contributed by atoms with Gasteiger partial charge in [0.25, 0.3) is 6.43 Å². The maximum absolute atomic E-state index is 12.7. The highest BCUT2D eigenvalue weighted by Gasteiger charge is 2.50. The summed E-state index contributed by atoms with van der Waals surface area (Å²) in [5.74, 6) is 1.30. The second-order valence-corrected chi connectivity index (χ2v) is 7.38. The molecular weight excluding hydrogens is 308 g/mol. The first-order valence-corrected chi connectivity index (χ1v) is 8.26. The van der Waals surface area contributed by atoms with Crippen LogP contribution >= 0.6 is 0 Å². The lowest BCUT2D eigenvalue weighted by atomic mass is 9.67. The van der Waals surface area contributed by atoms with Gasteiger partial charge >= 0.3 is 6.09 Å². The largest absolute Gasteiger partial charge is 0.449 e.